The van der Waals surface area contributed by atoms with Crippen LogP contribution in [0.2, 0.25) is 0 Å². The number of anilines is 2. The molecule has 2 aliphatic rings. The number of aromatic nitrogens is 2. The molecular weight excluding hydrogens is 554 g/mol. The van der Waals surface area contributed by atoms with Gasteiger partial charge in [0.05, 0.1) is 11.4 Å². The smallest absolute Gasteiger partial charge is 0.323 e. The molecule has 2 aliphatic heterocycles. The van der Waals surface area contributed by atoms with Crippen molar-refractivity contribution in [2.45, 2.75) is 19.5 Å². The number of likely N-dealkylation sites (N-methyl/N-ethyl adjacent to an activating group) is 1. The number of hydrogen-bond donors (Lipinski definition) is 4. The Morgan fingerprint density at radius 1 is 0.909 bits per heavy atom. The Morgan fingerprint density at radius 3 is 2.34 bits per heavy atom. The Hall–Kier alpha value is -4.87. The molecule has 1 fully saturated rings. The summed E-state index contributed by atoms with van der Waals surface area (Å²) in [7, 11) is 2.13. The van der Waals surface area contributed by atoms with E-state index in [2.05, 4.69) is 49.7 Å². The maximum Gasteiger partial charge on any atom is 0.323 e. The van der Waals surface area contributed by atoms with Crippen molar-refractivity contribution >= 4 is 45.8 Å². The van der Waals surface area contributed by atoms with Crippen LogP contribution in [0.3, 0.4) is 0 Å². The number of nitrogens with zero attached hydrogens (tertiary/aromatic N) is 5. The first kappa shape index (κ1) is 29.2. The number of pyridine rings is 1. The van der Waals surface area contributed by atoms with Crippen molar-refractivity contribution in [3.63, 3.8) is 0 Å². The molecule has 4 aromatic rings. The number of amides is 3. The van der Waals surface area contributed by atoms with Crippen LogP contribution in [0.25, 0.3) is 11.0 Å². The van der Waals surface area contributed by atoms with Crippen LogP contribution in [0, 0.1) is 0 Å². The second-order valence-electron chi connectivity index (χ2n) is 11.1. The lowest BCUT2D eigenvalue weighted by molar-refractivity contribution is 0.0937. The van der Waals surface area contributed by atoms with Gasteiger partial charge in [-0.2, -0.15) is 0 Å². The molecule has 4 N–H and O–H groups in total. The molecule has 0 aliphatic carbocycles. The average Bonchev–Trinajstić information content (AvgIpc) is 3.68. The third-order valence-corrected chi connectivity index (χ3v) is 7.93. The number of urea groups is 1. The Bertz CT molecular complexity index is 1690. The fourth-order valence-electron chi connectivity index (χ4n) is 5.42. The summed E-state index contributed by atoms with van der Waals surface area (Å²) in [5.41, 5.74) is 5.73. The van der Waals surface area contributed by atoms with Crippen molar-refractivity contribution in [2.75, 3.05) is 56.9 Å². The van der Waals surface area contributed by atoms with Gasteiger partial charge in [-0.15, -0.1) is 0 Å². The summed E-state index contributed by atoms with van der Waals surface area (Å²) in [5, 5.41) is 9.56. The zero-order chi connectivity index (χ0) is 30.5. The van der Waals surface area contributed by atoms with Crippen molar-refractivity contribution < 1.29 is 9.59 Å². The summed E-state index contributed by atoms with van der Waals surface area (Å²) in [6, 6.07) is 20.3. The van der Waals surface area contributed by atoms with Crippen LogP contribution in [-0.4, -0.2) is 95.6 Å². The van der Waals surface area contributed by atoms with E-state index in [0.29, 0.717) is 29.3 Å². The fraction of sp³-hybridized carbons (Fsp3) is 0.303. The van der Waals surface area contributed by atoms with Gasteiger partial charge >= 0.3 is 6.03 Å². The van der Waals surface area contributed by atoms with E-state index >= 15 is 0 Å². The SMILES string of the molecule is CCC1N=C(c2ccc(NC(=O)Nc3ccccc3)cc2)C(c2ccnc3[nH]c(C(=O)NCCN4CCN(C)CC4)cc23)=N1. The number of para-hydroxylation sites is 1. The second kappa shape index (κ2) is 13.2. The van der Waals surface area contributed by atoms with Crippen molar-refractivity contribution in [2.24, 2.45) is 9.98 Å². The van der Waals surface area contributed by atoms with Gasteiger partial charge < -0.3 is 25.8 Å². The first-order valence-corrected chi connectivity index (χ1v) is 15.0. The molecule has 4 heterocycles. The number of rotatable bonds is 9. The van der Waals surface area contributed by atoms with E-state index in [4.69, 9.17) is 9.98 Å². The summed E-state index contributed by atoms with van der Waals surface area (Å²) in [5.74, 6) is -0.156. The van der Waals surface area contributed by atoms with E-state index in [1.807, 2.05) is 66.7 Å². The molecule has 0 saturated carbocycles. The van der Waals surface area contributed by atoms with Crippen molar-refractivity contribution in [1.29, 1.82) is 0 Å². The highest BCUT2D eigenvalue weighted by Crippen LogP contribution is 2.26. The highest BCUT2D eigenvalue weighted by Gasteiger charge is 2.25. The lowest BCUT2D eigenvalue weighted by Crippen LogP contribution is -2.46. The van der Waals surface area contributed by atoms with Crippen LogP contribution in [0.15, 0.2) is 82.9 Å². The third kappa shape index (κ3) is 6.69. The summed E-state index contributed by atoms with van der Waals surface area (Å²) in [6.45, 7) is 7.58. The number of hydrogen-bond acceptors (Lipinski definition) is 7. The van der Waals surface area contributed by atoms with Gasteiger partial charge in [0.1, 0.15) is 17.5 Å². The van der Waals surface area contributed by atoms with E-state index in [9.17, 15) is 9.59 Å². The molecule has 1 saturated heterocycles. The van der Waals surface area contributed by atoms with Crippen LogP contribution >= 0.6 is 0 Å². The Labute approximate surface area is 256 Å². The Balaban J connectivity index is 1.16. The van der Waals surface area contributed by atoms with Crippen molar-refractivity contribution in [3.05, 3.63) is 89.7 Å². The molecule has 44 heavy (non-hydrogen) atoms. The standard InChI is InChI=1S/C33H37N9O2/c1-3-28-39-29(22-9-11-24(12-10-22)37-33(44)36-23-7-5-4-6-8-23)30(40-28)25-13-14-34-31-26(25)21-27(38-31)32(43)35-15-16-42-19-17-41(2)18-20-42/h4-14,21,28H,3,15-20H2,1-2H3,(H,34,38)(H,35,43)(H2,36,37,44). The summed E-state index contributed by atoms with van der Waals surface area (Å²) in [6.07, 6.45) is 2.28. The zero-order valence-corrected chi connectivity index (χ0v) is 25.0. The van der Waals surface area contributed by atoms with Gasteiger partial charge in [-0.1, -0.05) is 37.3 Å². The highest BCUT2D eigenvalue weighted by molar-refractivity contribution is 6.55. The summed E-state index contributed by atoms with van der Waals surface area (Å²) in [4.78, 5) is 47.7. The minimum absolute atomic E-state index is 0.156. The van der Waals surface area contributed by atoms with Crippen LogP contribution in [0.5, 0.6) is 0 Å². The van der Waals surface area contributed by atoms with Crippen LogP contribution in [0.1, 0.15) is 35.0 Å². The number of fused-ring (bicyclic) bond motifs is 1. The molecular formula is C33H37N9O2. The molecule has 0 bridgehead atoms. The number of nitrogens with one attached hydrogen (secondary N) is 4. The molecule has 11 heteroatoms. The van der Waals surface area contributed by atoms with E-state index in [-0.39, 0.29) is 18.1 Å². The molecule has 1 atom stereocenters. The second-order valence-corrected chi connectivity index (χ2v) is 11.1. The zero-order valence-electron chi connectivity index (χ0n) is 25.0. The normalized spacial score (nSPS) is 17.3. The molecule has 0 radical (unpaired) electrons. The number of carbonyl (C=O) groups is 2. The van der Waals surface area contributed by atoms with Gasteiger partial charge in [0.15, 0.2) is 0 Å². The molecule has 226 valence electrons. The molecule has 1 unspecified atom stereocenters. The monoisotopic (exact) mass is 591 g/mol. The summed E-state index contributed by atoms with van der Waals surface area (Å²) >= 11 is 0. The minimum atomic E-state index is -0.318. The van der Waals surface area contributed by atoms with Crippen LogP contribution in [0.4, 0.5) is 16.2 Å². The van der Waals surface area contributed by atoms with E-state index in [1.54, 1.807) is 6.20 Å². The number of carbonyl (C=O) groups excluding carboxylic acids is 2. The van der Waals surface area contributed by atoms with E-state index < -0.39 is 0 Å². The van der Waals surface area contributed by atoms with Crippen molar-refractivity contribution in [3.8, 4) is 0 Å². The number of benzene rings is 2. The van der Waals surface area contributed by atoms with Crippen molar-refractivity contribution in [1.82, 2.24) is 25.1 Å². The topological polar surface area (TPSA) is 130 Å². The van der Waals surface area contributed by atoms with Gasteiger partial charge in [-0.3, -0.25) is 19.7 Å². The molecule has 6 rings (SSSR count). The number of piperazine rings is 1. The third-order valence-electron chi connectivity index (χ3n) is 7.93. The van der Waals surface area contributed by atoms with E-state index in [0.717, 1.165) is 67.1 Å². The van der Waals surface area contributed by atoms with Gasteiger partial charge in [-0.05, 0) is 49.9 Å². The maximum atomic E-state index is 13.1. The van der Waals surface area contributed by atoms with Gasteiger partial charge in [0.2, 0.25) is 0 Å². The average molecular weight is 592 g/mol. The van der Waals surface area contributed by atoms with E-state index in [1.165, 1.54) is 0 Å². The largest absolute Gasteiger partial charge is 0.349 e. The maximum absolute atomic E-state index is 13.1. The highest BCUT2D eigenvalue weighted by atomic mass is 16.2. The lowest BCUT2D eigenvalue weighted by atomic mass is 9.98. The molecule has 11 nitrogen and oxygen atoms in total. The van der Waals surface area contributed by atoms with Crippen LogP contribution in [-0.2, 0) is 0 Å². The first-order chi connectivity index (χ1) is 21.5. The van der Waals surface area contributed by atoms with Gasteiger partial charge in [0.25, 0.3) is 5.91 Å². The minimum Gasteiger partial charge on any atom is -0.349 e. The lowest BCUT2D eigenvalue weighted by Gasteiger charge is -2.32. The summed E-state index contributed by atoms with van der Waals surface area (Å²) < 4.78 is 0. The quantitative estimate of drug-likeness (QED) is 0.232. The number of aromatic amines is 1. The van der Waals surface area contributed by atoms with Gasteiger partial charge in [0, 0.05) is 73.4 Å². The van der Waals surface area contributed by atoms with Gasteiger partial charge in [-0.25, -0.2) is 9.78 Å². The first-order valence-electron chi connectivity index (χ1n) is 15.0. The predicted octanol–water partition coefficient (Wildman–Crippen LogP) is 4.21. The predicted molar refractivity (Wildman–Crippen MR) is 175 cm³/mol. The number of aliphatic imine (C=N–C) groups is 2. The fourth-order valence-corrected chi connectivity index (χ4v) is 5.42. The Morgan fingerprint density at radius 2 is 1.61 bits per heavy atom. The number of H-pyrrole nitrogens is 1. The molecule has 2 aromatic carbocycles. The Kier molecular flexibility index (Phi) is 8.76. The molecule has 3 amide bonds. The molecule has 2 aromatic heterocycles. The molecule has 0 spiro atoms. The van der Waals surface area contributed by atoms with Crippen LogP contribution < -0.4 is 16.0 Å².